The highest BCUT2D eigenvalue weighted by molar-refractivity contribution is 6.34. The Labute approximate surface area is 140 Å². The molecule has 0 fully saturated rings. The summed E-state index contributed by atoms with van der Waals surface area (Å²) in [6.07, 6.45) is 0.809. The Bertz CT molecular complexity index is 683. The highest BCUT2D eigenvalue weighted by atomic mass is 35.5. The van der Waals surface area contributed by atoms with Crippen LogP contribution in [0.3, 0.4) is 0 Å². The molecule has 0 aliphatic heterocycles. The van der Waals surface area contributed by atoms with Crippen LogP contribution >= 0.6 is 11.6 Å². The number of carbonyl (C=O) groups excluding carboxylic acids is 2. The van der Waals surface area contributed by atoms with E-state index in [4.69, 9.17) is 21.1 Å². The van der Waals surface area contributed by atoms with Gasteiger partial charge in [-0.25, -0.2) is 4.79 Å². The minimum Gasteiger partial charge on any atom is -0.485 e. The first-order valence-electron chi connectivity index (χ1n) is 7.25. The van der Waals surface area contributed by atoms with Gasteiger partial charge in [0.2, 0.25) is 0 Å². The molecule has 0 heterocycles. The van der Waals surface area contributed by atoms with Crippen LogP contribution in [0.4, 0.5) is 0 Å². The molecule has 0 unspecified atom stereocenters. The van der Waals surface area contributed by atoms with Crippen molar-refractivity contribution in [3.8, 4) is 5.75 Å². The molecule has 0 aliphatic carbocycles. The van der Waals surface area contributed by atoms with E-state index in [1.54, 1.807) is 12.1 Å². The third-order valence-corrected chi connectivity index (χ3v) is 3.57. The van der Waals surface area contributed by atoms with Crippen molar-refractivity contribution in [2.75, 3.05) is 6.61 Å². The molecule has 2 aromatic rings. The lowest BCUT2D eigenvalue weighted by molar-refractivity contribution is -0.155. The van der Waals surface area contributed by atoms with Gasteiger partial charge in [-0.2, -0.15) is 0 Å². The molecular weight excluding hydrogens is 316 g/mol. The largest absolute Gasteiger partial charge is 0.485 e. The quantitative estimate of drug-likeness (QED) is 0.574. The fraction of sp³-hybridized carbons (Fsp3) is 0.222. The predicted molar refractivity (Wildman–Crippen MR) is 87.6 cm³/mol. The summed E-state index contributed by atoms with van der Waals surface area (Å²) >= 11 is 6.07. The lowest BCUT2D eigenvalue weighted by Crippen LogP contribution is -2.23. The SMILES string of the molecule is CCc1ccc(OCC(=O)C(=O)OCc2ccccc2)cc1Cl. The summed E-state index contributed by atoms with van der Waals surface area (Å²) in [7, 11) is 0. The fourth-order valence-corrected chi connectivity index (χ4v) is 2.22. The van der Waals surface area contributed by atoms with Gasteiger partial charge in [-0.3, -0.25) is 4.79 Å². The zero-order valence-corrected chi connectivity index (χ0v) is 13.5. The van der Waals surface area contributed by atoms with Gasteiger partial charge in [-0.1, -0.05) is 54.9 Å². The number of carbonyl (C=O) groups is 2. The molecule has 0 atom stereocenters. The van der Waals surface area contributed by atoms with Crippen molar-refractivity contribution in [3.63, 3.8) is 0 Å². The number of benzene rings is 2. The highest BCUT2D eigenvalue weighted by Gasteiger charge is 2.16. The first-order chi connectivity index (χ1) is 11.1. The monoisotopic (exact) mass is 332 g/mol. The van der Waals surface area contributed by atoms with Crippen molar-refractivity contribution >= 4 is 23.4 Å². The third kappa shape index (κ3) is 5.11. The van der Waals surface area contributed by atoms with Crippen LogP contribution in [0.25, 0.3) is 0 Å². The molecule has 0 saturated heterocycles. The van der Waals surface area contributed by atoms with Crippen molar-refractivity contribution in [2.45, 2.75) is 20.0 Å². The number of Topliss-reactive ketones (excluding diaryl/α,β-unsaturated/α-hetero) is 1. The first-order valence-corrected chi connectivity index (χ1v) is 7.63. The maximum absolute atomic E-state index is 11.7. The van der Waals surface area contributed by atoms with E-state index in [-0.39, 0.29) is 13.2 Å². The van der Waals surface area contributed by atoms with Gasteiger partial charge in [-0.15, -0.1) is 0 Å². The molecule has 0 aromatic heterocycles. The van der Waals surface area contributed by atoms with Crippen molar-refractivity contribution in [3.05, 3.63) is 64.7 Å². The average molecular weight is 333 g/mol. The van der Waals surface area contributed by atoms with Gasteiger partial charge in [-0.05, 0) is 29.7 Å². The average Bonchev–Trinajstić information content (AvgIpc) is 2.58. The Hall–Kier alpha value is -2.33. The van der Waals surface area contributed by atoms with Crippen molar-refractivity contribution in [1.29, 1.82) is 0 Å². The Morgan fingerprint density at radius 3 is 2.48 bits per heavy atom. The predicted octanol–water partition coefficient (Wildman–Crippen LogP) is 3.59. The second kappa shape index (κ2) is 8.34. The number of esters is 1. The minimum atomic E-state index is -0.912. The highest BCUT2D eigenvalue weighted by Crippen LogP contribution is 2.22. The Morgan fingerprint density at radius 1 is 1.09 bits per heavy atom. The Kier molecular flexibility index (Phi) is 6.18. The van der Waals surface area contributed by atoms with Gasteiger partial charge in [0.15, 0.2) is 6.61 Å². The Balaban J connectivity index is 1.82. The van der Waals surface area contributed by atoms with Gasteiger partial charge in [0.1, 0.15) is 12.4 Å². The van der Waals surface area contributed by atoms with Crippen LogP contribution in [0.1, 0.15) is 18.1 Å². The Morgan fingerprint density at radius 2 is 1.83 bits per heavy atom. The number of halogens is 1. The second-order valence-electron chi connectivity index (χ2n) is 4.88. The number of aryl methyl sites for hydroxylation is 1. The number of hydrogen-bond acceptors (Lipinski definition) is 4. The van der Waals surface area contributed by atoms with E-state index in [0.717, 1.165) is 17.5 Å². The summed E-state index contributed by atoms with van der Waals surface area (Å²) in [6.45, 7) is 1.67. The zero-order chi connectivity index (χ0) is 16.7. The maximum atomic E-state index is 11.7. The van der Waals surface area contributed by atoms with Crippen LogP contribution in [-0.2, 0) is 27.4 Å². The molecule has 0 radical (unpaired) electrons. The maximum Gasteiger partial charge on any atom is 0.378 e. The van der Waals surface area contributed by atoms with Crippen LogP contribution < -0.4 is 4.74 Å². The van der Waals surface area contributed by atoms with Crippen molar-refractivity contribution in [1.82, 2.24) is 0 Å². The van der Waals surface area contributed by atoms with E-state index >= 15 is 0 Å². The molecule has 0 spiro atoms. The minimum absolute atomic E-state index is 0.0580. The van der Waals surface area contributed by atoms with Gasteiger partial charge >= 0.3 is 5.97 Å². The lowest BCUT2D eigenvalue weighted by Gasteiger charge is -2.08. The first kappa shape index (κ1) is 17.0. The van der Waals surface area contributed by atoms with E-state index < -0.39 is 11.8 Å². The van der Waals surface area contributed by atoms with E-state index in [1.165, 1.54) is 0 Å². The van der Waals surface area contributed by atoms with E-state index in [2.05, 4.69) is 0 Å². The smallest absolute Gasteiger partial charge is 0.378 e. The number of ketones is 1. The van der Waals surface area contributed by atoms with Crippen LogP contribution in [0, 0.1) is 0 Å². The topological polar surface area (TPSA) is 52.6 Å². The molecule has 2 rings (SSSR count). The molecule has 5 heteroatoms. The molecule has 0 N–H and O–H groups in total. The molecule has 4 nitrogen and oxygen atoms in total. The van der Waals surface area contributed by atoms with Crippen LogP contribution in [-0.4, -0.2) is 18.4 Å². The number of ether oxygens (including phenoxy) is 2. The molecule has 120 valence electrons. The summed E-state index contributed by atoms with van der Waals surface area (Å²) in [4.78, 5) is 23.3. The number of rotatable bonds is 7. The molecule has 0 saturated carbocycles. The second-order valence-corrected chi connectivity index (χ2v) is 5.29. The summed E-state index contributed by atoms with van der Waals surface area (Å²) in [5.74, 6) is -1.21. The summed E-state index contributed by atoms with van der Waals surface area (Å²) < 4.78 is 10.2. The molecule has 0 bridgehead atoms. The molecule has 23 heavy (non-hydrogen) atoms. The summed E-state index contributed by atoms with van der Waals surface area (Å²) in [6, 6.07) is 14.3. The molecular formula is C18H17ClO4. The standard InChI is InChI=1S/C18H17ClO4/c1-2-14-8-9-15(10-16(14)19)22-12-17(20)18(21)23-11-13-6-4-3-5-7-13/h3-10H,2,11-12H2,1H3. The zero-order valence-electron chi connectivity index (χ0n) is 12.8. The van der Waals surface area contributed by atoms with Gasteiger partial charge in [0, 0.05) is 5.02 Å². The van der Waals surface area contributed by atoms with Gasteiger partial charge in [0.25, 0.3) is 5.78 Å². The van der Waals surface area contributed by atoms with Gasteiger partial charge in [0.05, 0.1) is 0 Å². The van der Waals surface area contributed by atoms with Crippen LogP contribution in [0.15, 0.2) is 48.5 Å². The van der Waals surface area contributed by atoms with Crippen LogP contribution in [0.2, 0.25) is 5.02 Å². The normalized spacial score (nSPS) is 10.2. The molecule has 2 aromatic carbocycles. The van der Waals surface area contributed by atoms with Crippen LogP contribution in [0.5, 0.6) is 5.75 Å². The van der Waals surface area contributed by atoms with E-state index in [0.29, 0.717) is 10.8 Å². The summed E-state index contributed by atoms with van der Waals surface area (Å²) in [5.41, 5.74) is 1.81. The molecule has 0 amide bonds. The van der Waals surface area contributed by atoms with Crippen molar-refractivity contribution in [2.24, 2.45) is 0 Å². The lowest BCUT2D eigenvalue weighted by atomic mass is 10.2. The number of hydrogen-bond donors (Lipinski definition) is 0. The molecule has 0 aliphatic rings. The third-order valence-electron chi connectivity index (χ3n) is 3.22. The van der Waals surface area contributed by atoms with E-state index in [9.17, 15) is 9.59 Å². The fourth-order valence-electron chi connectivity index (χ4n) is 1.92. The van der Waals surface area contributed by atoms with Crippen molar-refractivity contribution < 1.29 is 19.1 Å². The summed E-state index contributed by atoms with van der Waals surface area (Å²) in [5, 5.41) is 0.573. The van der Waals surface area contributed by atoms with Gasteiger partial charge < -0.3 is 9.47 Å². The van der Waals surface area contributed by atoms with E-state index in [1.807, 2.05) is 43.3 Å².